The number of carbonyl (C=O) groups excluding carboxylic acids is 2. The maximum atomic E-state index is 13.2. The van der Waals surface area contributed by atoms with Crippen molar-refractivity contribution in [2.24, 2.45) is 5.92 Å². The van der Waals surface area contributed by atoms with Crippen LogP contribution in [0.15, 0.2) is 35.1 Å². The molecule has 0 N–H and O–H groups in total. The van der Waals surface area contributed by atoms with Gasteiger partial charge >= 0.3 is 5.97 Å². The Kier molecular flexibility index (Phi) is 6.07. The molecule has 1 aliphatic rings. The van der Waals surface area contributed by atoms with Gasteiger partial charge in [-0.3, -0.25) is 14.4 Å². The zero-order chi connectivity index (χ0) is 22.8. The fourth-order valence-electron chi connectivity index (χ4n) is 4.20. The number of benzene rings is 1. The quantitative estimate of drug-likeness (QED) is 0.566. The highest BCUT2D eigenvalue weighted by atomic mass is 16.5. The van der Waals surface area contributed by atoms with Crippen LogP contribution in [0.4, 0.5) is 0 Å². The monoisotopic (exact) mass is 437 g/mol. The zero-order valence-electron chi connectivity index (χ0n) is 18.6. The molecule has 1 fully saturated rings. The number of aromatic nitrogens is 4. The molecule has 1 aromatic carbocycles. The Bertz CT molecular complexity index is 1210. The topological polar surface area (TPSA) is 99.3 Å². The smallest absolute Gasteiger partial charge is 0.309 e. The summed E-state index contributed by atoms with van der Waals surface area (Å²) in [7, 11) is 0. The fourth-order valence-corrected chi connectivity index (χ4v) is 4.20. The summed E-state index contributed by atoms with van der Waals surface area (Å²) in [6.45, 7) is 6.55. The third-order valence-electron chi connectivity index (χ3n) is 5.93. The maximum Gasteiger partial charge on any atom is 0.309 e. The van der Waals surface area contributed by atoms with Gasteiger partial charge in [-0.05, 0) is 45.7 Å². The molecule has 1 saturated heterocycles. The van der Waals surface area contributed by atoms with Gasteiger partial charge < -0.3 is 9.64 Å². The van der Waals surface area contributed by atoms with E-state index in [1.54, 1.807) is 23.4 Å². The van der Waals surface area contributed by atoms with E-state index in [1.165, 1.54) is 4.68 Å². The lowest BCUT2D eigenvalue weighted by Gasteiger charge is -2.30. The van der Waals surface area contributed by atoms with Crippen molar-refractivity contribution in [3.63, 3.8) is 0 Å². The normalized spacial score (nSPS) is 14.7. The maximum absolute atomic E-state index is 13.2. The standard InChI is InChI=1S/C23H27N5O4/c1-4-32-23(31)17-10-12-26(13-11-17)19(29)14-27-22(30)20-16(3)28(18-8-6-5-7-9-18)25-21(20)15(2)24-27/h5-9,17H,4,10-14H2,1-3H3. The second-order valence-corrected chi connectivity index (χ2v) is 8.01. The van der Waals surface area contributed by atoms with Gasteiger partial charge in [-0.15, -0.1) is 0 Å². The van der Waals surface area contributed by atoms with Crippen molar-refractivity contribution in [1.82, 2.24) is 24.5 Å². The van der Waals surface area contributed by atoms with Crippen LogP contribution in [0.25, 0.3) is 16.6 Å². The second kappa shape index (κ2) is 8.94. The third-order valence-corrected chi connectivity index (χ3v) is 5.93. The predicted molar refractivity (Wildman–Crippen MR) is 119 cm³/mol. The SMILES string of the molecule is CCOC(=O)C1CCN(C(=O)Cn2nc(C)c3nn(-c4ccccc4)c(C)c3c2=O)CC1. The van der Waals surface area contributed by atoms with E-state index in [-0.39, 0.29) is 29.9 Å². The lowest BCUT2D eigenvalue weighted by Crippen LogP contribution is -2.43. The number of esters is 1. The molecule has 1 amide bonds. The molecule has 9 nitrogen and oxygen atoms in total. The summed E-state index contributed by atoms with van der Waals surface area (Å²) in [5, 5.41) is 9.42. The number of carbonyl (C=O) groups is 2. The number of rotatable bonds is 5. The number of fused-ring (bicyclic) bond motifs is 1. The van der Waals surface area contributed by atoms with Crippen LogP contribution in [0.5, 0.6) is 0 Å². The van der Waals surface area contributed by atoms with Gasteiger partial charge in [0.05, 0.1) is 35.0 Å². The van der Waals surface area contributed by atoms with Crippen LogP contribution in [0, 0.1) is 19.8 Å². The highest BCUT2D eigenvalue weighted by Gasteiger charge is 2.29. The van der Waals surface area contributed by atoms with Crippen molar-refractivity contribution in [2.45, 2.75) is 40.2 Å². The first kappa shape index (κ1) is 21.7. The molecule has 0 spiro atoms. The molecule has 0 unspecified atom stereocenters. The molecule has 3 aromatic rings. The number of likely N-dealkylation sites (tertiary alicyclic amines) is 1. The van der Waals surface area contributed by atoms with Crippen LogP contribution >= 0.6 is 0 Å². The van der Waals surface area contributed by atoms with E-state index in [4.69, 9.17) is 4.74 Å². The number of hydrogen-bond donors (Lipinski definition) is 0. The molecule has 0 atom stereocenters. The molecule has 0 aliphatic carbocycles. The van der Waals surface area contributed by atoms with Crippen LogP contribution in [0.3, 0.4) is 0 Å². The van der Waals surface area contributed by atoms with E-state index in [1.807, 2.05) is 37.3 Å². The fraction of sp³-hybridized carbons (Fsp3) is 0.435. The summed E-state index contributed by atoms with van der Waals surface area (Å²) in [5.74, 6) is -0.567. The lowest BCUT2D eigenvalue weighted by molar-refractivity contribution is -0.151. The van der Waals surface area contributed by atoms with Crippen LogP contribution in [0.2, 0.25) is 0 Å². The molecular formula is C23H27N5O4. The van der Waals surface area contributed by atoms with Crippen LogP contribution in [-0.4, -0.2) is 56.0 Å². The molecule has 0 saturated carbocycles. The zero-order valence-corrected chi connectivity index (χ0v) is 18.6. The summed E-state index contributed by atoms with van der Waals surface area (Å²) >= 11 is 0. The first-order chi connectivity index (χ1) is 15.4. The van der Waals surface area contributed by atoms with Gasteiger partial charge in [0.25, 0.3) is 5.56 Å². The number of aryl methyl sites for hydroxylation is 2. The number of para-hydroxylation sites is 1. The van der Waals surface area contributed by atoms with Crippen molar-refractivity contribution in [1.29, 1.82) is 0 Å². The summed E-state index contributed by atoms with van der Waals surface area (Å²) in [6.07, 6.45) is 1.13. The Morgan fingerprint density at radius 1 is 1.09 bits per heavy atom. The number of nitrogens with zero attached hydrogens (tertiary/aromatic N) is 5. The molecule has 168 valence electrons. The number of ether oxygens (including phenoxy) is 1. The highest BCUT2D eigenvalue weighted by molar-refractivity contribution is 5.83. The predicted octanol–water partition coefficient (Wildman–Crippen LogP) is 2.00. The van der Waals surface area contributed by atoms with Crippen LogP contribution < -0.4 is 5.56 Å². The summed E-state index contributed by atoms with van der Waals surface area (Å²) in [5.41, 5.74) is 2.35. The number of hydrogen-bond acceptors (Lipinski definition) is 6. The van der Waals surface area contributed by atoms with Crippen molar-refractivity contribution < 1.29 is 14.3 Å². The van der Waals surface area contributed by atoms with Gasteiger partial charge in [0, 0.05) is 13.1 Å². The highest BCUT2D eigenvalue weighted by Crippen LogP contribution is 2.21. The molecule has 3 heterocycles. The first-order valence-electron chi connectivity index (χ1n) is 10.9. The largest absolute Gasteiger partial charge is 0.466 e. The van der Waals surface area contributed by atoms with E-state index in [0.717, 1.165) is 5.69 Å². The van der Waals surface area contributed by atoms with E-state index >= 15 is 0 Å². The molecule has 2 aromatic heterocycles. The van der Waals surface area contributed by atoms with E-state index in [9.17, 15) is 14.4 Å². The third kappa shape index (κ3) is 4.02. The van der Waals surface area contributed by atoms with Gasteiger partial charge in [0.2, 0.25) is 5.91 Å². The summed E-state index contributed by atoms with van der Waals surface area (Å²) < 4.78 is 8.03. The van der Waals surface area contributed by atoms with Crippen LogP contribution in [-0.2, 0) is 20.9 Å². The minimum atomic E-state index is -0.333. The second-order valence-electron chi connectivity index (χ2n) is 8.01. The Balaban J connectivity index is 1.56. The van der Waals surface area contributed by atoms with Crippen molar-refractivity contribution in [3.8, 4) is 5.69 Å². The Morgan fingerprint density at radius 3 is 2.44 bits per heavy atom. The molecule has 32 heavy (non-hydrogen) atoms. The minimum Gasteiger partial charge on any atom is -0.466 e. The van der Waals surface area contributed by atoms with Crippen molar-refractivity contribution in [2.75, 3.05) is 19.7 Å². The van der Waals surface area contributed by atoms with Gasteiger partial charge in [-0.25, -0.2) is 9.36 Å². The Hall–Kier alpha value is -3.49. The van der Waals surface area contributed by atoms with E-state index in [2.05, 4.69) is 10.2 Å². The average molecular weight is 438 g/mol. The van der Waals surface area contributed by atoms with Crippen LogP contribution in [0.1, 0.15) is 31.2 Å². The summed E-state index contributed by atoms with van der Waals surface area (Å²) in [4.78, 5) is 39.7. The van der Waals surface area contributed by atoms with Crippen molar-refractivity contribution in [3.05, 3.63) is 52.1 Å². The number of piperidine rings is 1. The molecule has 0 radical (unpaired) electrons. The van der Waals surface area contributed by atoms with Gasteiger partial charge in [0.1, 0.15) is 12.1 Å². The molecule has 1 aliphatic heterocycles. The average Bonchev–Trinajstić information content (AvgIpc) is 3.16. The molecule has 4 rings (SSSR count). The first-order valence-corrected chi connectivity index (χ1v) is 10.9. The van der Waals surface area contributed by atoms with Crippen molar-refractivity contribution >= 4 is 22.8 Å². The van der Waals surface area contributed by atoms with Gasteiger partial charge in [-0.2, -0.15) is 10.2 Å². The molecule has 0 bridgehead atoms. The van der Waals surface area contributed by atoms with E-state index < -0.39 is 0 Å². The Labute approximate surface area is 185 Å². The van der Waals surface area contributed by atoms with Gasteiger partial charge in [-0.1, -0.05) is 18.2 Å². The number of amides is 1. The van der Waals surface area contributed by atoms with E-state index in [0.29, 0.717) is 54.8 Å². The molecule has 9 heteroatoms. The molecular weight excluding hydrogens is 410 g/mol. The Morgan fingerprint density at radius 2 is 1.78 bits per heavy atom. The minimum absolute atomic E-state index is 0.143. The van der Waals surface area contributed by atoms with Gasteiger partial charge in [0.15, 0.2) is 0 Å². The lowest BCUT2D eigenvalue weighted by atomic mass is 9.97. The summed E-state index contributed by atoms with van der Waals surface area (Å²) in [6, 6.07) is 9.58.